The SMILES string of the molecule is CC1CC(CN)CN1C(=O)c1cc(Cl)sc1Cl.Cl. The average Bonchev–Trinajstić information content (AvgIpc) is 2.81. The predicted octanol–water partition coefficient (Wildman–Crippen LogP) is 3.29. The summed E-state index contributed by atoms with van der Waals surface area (Å²) in [5, 5.41) is 0. The molecular weight excluding hydrogens is 315 g/mol. The first-order valence-corrected chi connectivity index (χ1v) is 7.06. The Hall–Kier alpha value is -0.000000000000000222. The Balaban J connectivity index is 0.00000162. The molecule has 2 unspecified atom stereocenters. The van der Waals surface area contributed by atoms with Crippen LogP contribution in [0.2, 0.25) is 8.67 Å². The van der Waals surface area contributed by atoms with Crippen molar-refractivity contribution in [2.24, 2.45) is 11.7 Å². The van der Waals surface area contributed by atoms with Gasteiger partial charge in [-0.15, -0.1) is 23.7 Å². The lowest BCUT2D eigenvalue weighted by atomic mass is 10.1. The molecule has 0 spiro atoms. The zero-order valence-electron chi connectivity index (χ0n) is 9.86. The van der Waals surface area contributed by atoms with Crippen LogP contribution in [0.15, 0.2) is 6.07 Å². The molecule has 2 rings (SSSR count). The van der Waals surface area contributed by atoms with Crippen molar-refractivity contribution in [3.05, 3.63) is 20.3 Å². The minimum atomic E-state index is -0.0402. The molecule has 18 heavy (non-hydrogen) atoms. The van der Waals surface area contributed by atoms with Crippen molar-refractivity contribution in [3.63, 3.8) is 0 Å². The number of amides is 1. The van der Waals surface area contributed by atoms with Gasteiger partial charge in [0.25, 0.3) is 5.91 Å². The molecule has 0 radical (unpaired) electrons. The van der Waals surface area contributed by atoms with Crippen molar-refractivity contribution in [2.45, 2.75) is 19.4 Å². The third-order valence-electron chi connectivity index (χ3n) is 3.14. The lowest BCUT2D eigenvalue weighted by Gasteiger charge is -2.21. The first-order valence-electron chi connectivity index (χ1n) is 5.48. The maximum Gasteiger partial charge on any atom is 0.256 e. The highest BCUT2D eigenvalue weighted by molar-refractivity contribution is 7.20. The van der Waals surface area contributed by atoms with Gasteiger partial charge >= 0.3 is 0 Å². The maximum absolute atomic E-state index is 12.3. The van der Waals surface area contributed by atoms with Crippen LogP contribution >= 0.6 is 46.9 Å². The van der Waals surface area contributed by atoms with Gasteiger partial charge in [0.15, 0.2) is 0 Å². The number of nitrogens with zero attached hydrogens (tertiary/aromatic N) is 1. The number of halogens is 3. The number of thiophene rings is 1. The van der Waals surface area contributed by atoms with E-state index in [1.165, 1.54) is 11.3 Å². The van der Waals surface area contributed by atoms with Crippen LogP contribution in [0.5, 0.6) is 0 Å². The Morgan fingerprint density at radius 2 is 2.28 bits per heavy atom. The molecule has 2 heterocycles. The quantitative estimate of drug-likeness (QED) is 0.905. The highest BCUT2D eigenvalue weighted by Gasteiger charge is 2.33. The Morgan fingerprint density at radius 1 is 1.61 bits per heavy atom. The molecule has 102 valence electrons. The van der Waals surface area contributed by atoms with Crippen molar-refractivity contribution in [1.29, 1.82) is 0 Å². The number of carbonyl (C=O) groups excluding carboxylic acids is 1. The Kier molecular flexibility index (Phi) is 5.74. The van der Waals surface area contributed by atoms with Crippen LogP contribution in [0.4, 0.5) is 0 Å². The lowest BCUT2D eigenvalue weighted by molar-refractivity contribution is 0.0744. The standard InChI is InChI=1S/C11H14Cl2N2OS.ClH/c1-6-2-7(4-14)5-15(6)11(16)8-3-9(12)17-10(8)13;/h3,6-7H,2,4-5,14H2,1H3;1H. The lowest BCUT2D eigenvalue weighted by Crippen LogP contribution is -2.34. The van der Waals surface area contributed by atoms with E-state index in [1.54, 1.807) is 6.07 Å². The minimum Gasteiger partial charge on any atom is -0.336 e. The van der Waals surface area contributed by atoms with Gasteiger partial charge in [-0.2, -0.15) is 0 Å². The number of hydrogen-bond donors (Lipinski definition) is 1. The number of carbonyl (C=O) groups is 1. The summed E-state index contributed by atoms with van der Waals surface area (Å²) >= 11 is 13.1. The largest absolute Gasteiger partial charge is 0.336 e. The number of nitrogens with two attached hydrogens (primary N) is 1. The maximum atomic E-state index is 12.3. The van der Waals surface area contributed by atoms with Crippen LogP contribution in [0, 0.1) is 5.92 Å². The van der Waals surface area contributed by atoms with Crippen LogP contribution in [0.1, 0.15) is 23.7 Å². The van der Waals surface area contributed by atoms with Gasteiger partial charge in [0.2, 0.25) is 0 Å². The van der Waals surface area contributed by atoms with Crippen molar-refractivity contribution in [2.75, 3.05) is 13.1 Å². The third-order valence-corrected chi connectivity index (χ3v) is 4.63. The average molecular weight is 330 g/mol. The van der Waals surface area contributed by atoms with Crippen LogP contribution < -0.4 is 5.73 Å². The molecule has 0 aromatic carbocycles. The predicted molar refractivity (Wildman–Crippen MR) is 79.2 cm³/mol. The molecule has 1 aromatic heterocycles. The van der Waals surface area contributed by atoms with E-state index in [0.29, 0.717) is 33.2 Å². The van der Waals surface area contributed by atoms with Crippen LogP contribution in [-0.4, -0.2) is 29.9 Å². The summed E-state index contributed by atoms with van der Waals surface area (Å²) < 4.78 is 1.00. The molecule has 0 aliphatic carbocycles. The molecule has 1 saturated heterocycles. The van der Waals surface area contributed by atoms with Gasteiger partial charge in [0.1, 0.15) is 4.34 Å². The zero-order chi connectivity index (χ0) is 12.6. The molecule has 0 saturated carbocycles. The van der Waals surface area contributed by atoms with E-state index in [9.17, 15) is 4.79 Å². The normalized spacial score (nSPS) is 23.0. The second kappa shape index (κ2) is 6.44. The Labute approximate surface area is 127 Å². The van der Waals surface area contributed by atoms with Crippen LogP contribution in [0.25, 0.3) is 0 Å². The number of hydrogen-bond acceptors (Lipinski definition) is 3. The van der Waals surface area contributed by atoms with E-state index in [4.69, 9.17) is 28.9 Å². The third kappa shape index (κ3) is 3.11. The van der Waals surface area contributed by atoms with Crippen LogP contribution in [0.3, 0.4) is 0 Å². The molecule has 0 bridgehead atoms. The molecule has 1 fully saturated rings. The summed E-state index contributed by atoms with van der Waals surface area (Å²) in [6, 6.07) is 1.85. The molecule has 1 aliphatic heterocycles. The summed E-state index contributed by atoms with van der Waals surface area (Å²) in [6.07, 6.45) is 0.956. The van der Waals surface area contributed by atoms with E-state index in [0.717, 1.165) is 6.42 Å². The molecule has 1 aromatic rings. The molecule has 1 aliphatic rings. The molecule has 7 heteroatoms. The first-order chi connectivity index (χ1) is 8.02. The smallest absolute Gasteiger partial charge is 0.256 e. The molecule has 2 atom stereocenters. The summed E-state index contributed by atoms with van der Waals surface area (Å²) in [6.45, 7) is 3.36. The first kappa shape index (κ1) is 16.1. The summed E-state index contributed by atoms with van der Waals surface area (Å²) in [5.41, 5.74) is 6.15. The van der Waals surface area contributed by atoms with Gasteiger partial charge in [-0.05, 0) is 31.9 Å². The van der Waals surface area contributed by atoms with Crippen molar-refractivity contribution in [1.82, 2.24) is 4.90 Å². The van der Waals surface area contributed by atoms with Gasteiger partial charge in [-0.25, -0.2) is 0 Å². The second-order valence-electron chi connectivity index (χ2n) is 4.38. The number of likely N-dealkylation sites (tertiary alicyclic amines) is 1. The summed E-state index contributed by atoms with van der Waals surface area (Å²) in [5.74, 6) is 0.350. The molecule has 3 nitrogen and oxygen atoms in total. The molecular formula is C11H15Cl3N2OS. The topological polar surface area (TPSA) is 46.3 Å². The summed E-state index contributed by atoms with van der Waals surface area (Å²) in [7, 11) is 0. The van der Waals surface area contributed by atoms with E-state index in [1.807, 2.05) is 11.8 Å². The fourth-order valence-electron chi connectivity index (χ4n) is 2.24. The van der Waals surface area contributed by atoms with Crippen molar-refractivity contribution >= 4 is 52.9 Å². The highest BCUT2D eigenvalue weighted by Crippen LogP contribution is 2.34. The van der Waals surface area contributed by atoms with E-state index in [2.05, 4.69) is 0 Å². The van der Waals surface area contributed by atoms with Crippen LogP contribution in [-0.2, 0) is 0 Å². The van der Waals surface area contributed by atoms with Gasteiger partial charge in [0.05, 0.1) is 9.90 Å². The molecule has 2 N–H and O–H groups in total. The minimum absolute atomic E-state index is 0. The van der Waals surface area contributed by atoms with E-state index >= 15 is 0 Å². The number of rotatable bonds is 2. The van der Waals surface area contributed by atoms with Gasteiger partial charge in [-0.3, -0.25) is 4.79 Å². The fraction of sp³-hybridized carbons (Fsp3) is 0.545. The zero-order valence-corrected chi connectivity index (χ0v) is 13.0. The van der Waals surface area contributed by atoms with E-state index in [-0.39, 0.29) is 24.4 Å². The van der Waals surface area contributed by atoms with Gasteiger partial charge < -0.3 is 10.6 Å². The van der Waals surface area contributed by atoms with Crippen molar-refractivity contribution < 1.29 is 4.79 Å². The second-order valence-corrected chi connectivity index (χ2v) is 6.67. The Bertz CT molecular complexity index is 438. The fourth-order valence-corrected chi connectivity index (χ4v) is 3.68. The highest BCUT2D eigenvalue weighted by atomic mass is 35.5. The van der Waals surface area contributed by atoms with Crippen molar-refractivity contribution in [3.8, 4) is 0 Å². The monoisotopic (exact) mass is 328 g/mol. The Morgan fingerprint density at radius 3 is 2.72 bits per heavy atom. The van der Waals surface area contributed by atoms with Gasteiger partial charge in [-0.1, -0.05) is 23.2 Å². The summed E-state index contributed by atoms with van der Waals surface area (Å²) in [4.78, 5) is 14.1. The van der Waals surface area contributed by atoms with Gasteiger partial charge in [0, 0.05) is 12.6 Å². The molecule has 1 amide bonds. The van der Waals surface area contributed by atoms with E-state index < -0.39 is 0 Å².